The molecule has 1 aromatic heterocycles. The van der Waals surface area contributed by atoms with Crippen molar-refractivity contribution in [3.05, 3.63) is 47.3 Å². The van der Waals surface area contributed by atoms with Crippen LogP contribution in [-0.2, 0) is 6.54 Å². The predicted octanol–water partition coefficient (Wildman–Crippen LogP) is 2.25. The Labute approximate surface area is 113 Å². The van der Waals surface area contributed by atoms with E-state index in [1.807, 2.05) is 32.2 Å². The monoisotopic (exact) mass is 260 g/mol. The van der Waals surface area contributed by atoms with Gasteiger partial charge in [-0.15, -0.1) is 0 Å². The Hall–Kier alpha value is -1.81. The number of hydrogen-bond donors (Lipinski definition) is 1. The van der Waals surface area contributed by atoms with Crippen LogP contribution in [0.15, 0.2) is 30.6 Å². The lowest BCUT2D eigenvalue weighted by molar-refractivity contribution is 0.0887. The summed E-state index contributed by atoms with van der Waals surface area (Å²) in [6.07, 6.45) is 2.95. The highest BCUT2D eigenvalue weighted by atomic mass is 16.5. The topological polar surface area (TPSA) is 47.3 Å². The fourth-order valence-electron chi connectivity index (χ4n) is 2.00. The quantitative estimate of drug-likeness (QED) is 0.897. The van der Waals surface area contributed by atoms with E-state index in [4.69, 9.17) is 4.74 Å². The second kappa shape index (κ2) is 5.89. The lowest BCUT2D eigenvalue weighted by atomic mass is 10.1. The first kappa shape index (κ1) is 13.6. The standard InChI is InChI=1S/C15H20N2O2/c1-11-5-6-12(2)15(13(11)3)19-10-14(18)9-17-8-4-7-16-17/h4-8,14,18H,9-10H2,1-3H3. The summed E-state index contributed by atoms with van der Waals surface area (Å²) < 4.78 is 7.47. The molecule has 0 spiro atoms. The lowest BCUT2D eigenvalue weighted by Gasteiger charge is -2.17. The maximum Gasteiger partial charge on any atom is 0.125 e. The van der Waals surface area contributed by atoms with Crippen LogP contribution in [0.4, 0.5) is 0 Å². The number of aryl methyl sites for hydroxylation is 2. The van der Waals surface area contributed by atoms with Crippen molar-refractivity contribution in [2.75, 3.05) is 6.61 Å². The van der Waals surface area contributed by atoms with Gasteiger partial charge in [0.05, 0.1) is 6.54 Å². The predicted molar refractivity (Wildman–Crippen MR) is 74.4 cm³/mol. The van der Waals surface area contributed by atoms with E-state index in [-0.39, 0.29) is 6.61 Å². The summed E-state index contributed by atoms with van der Waals surface area (Å²) in [7, 11) is 0. The molecule has 0 saturated heterocycles. The molecule has 1 N–H and O–H groups in total. The molecule has 1 heterocycles. The van der Waals surface area contributed by atoms with Crippen molar-refractivity contribution in [3.63, 3.8) is 0 Å². The van der Waals surface area contributed by atoms with E-state index in [2.05, 4.69) is 18.1 Å². The fraction of sp³-hybridized carbons (Fsp3) is 0.400. The van der Waals surface area contributed by atoms with Gasteiger partial charge in [-0.05, 0) is 43.5 Å². The van der Waals surface area contributed by atoms with Crippen LogP contribution in [-0.4, -0.2) is 27.6 Å². The molecule has 102 valence electrons. The minimum atomic E-state index is -0.570. The zero-order valence-electron chi connectivity index (χ0n) is 11.6. The lowest BCUT2D eigenvalue weighted by Crippen LogP contribution is -2.24. The number of benzene rings is 1. The van der Waals surface area contributed by atoms with E-state index in [0.717, 1.165) is 16.9 Å². The Morgan fingerprint density at radius 3 is 2.68 bits per heavy atom. The Morgan fingerprint density at radius 1 is 1.26 bits per heavy atom. The van der Waals surface area contributed by atoms with Crippen molar-refractivity contribution in [2.45, 2.75) is 33.4 Å². The summed E-state index contributed by atoms with van der Waals surface area (Å²) in [5.41, 5.74) is 3.42. The number of ether oxygens (including phenoxy) is 1. The first-order chi connectivity index (χ1) is 9.08. The molecule has 4 nitrogen and oxygen atoms in total. The van der Waals surface area contributed by atoms with Crippen LogP contribution in [0.25, 0.3) is 0 Å². The molecule has 4 heteroatoms. The largest absolute Gasteiger partial charge is 0.490 e. The van der Waals surface area contributed by atoms with Gasteiger partial charge in [-0.3, -0.25) is 4.68 Å². The van der Waals surface area contributed by atoms with Crippen molar-refractivity contribution in [2.24, 2.45) is 0 Å². The van der Waals surface area contributed by atoms with Crippen LogP contribution < -0.4 is 4.74 Å². The second-order valence-electron chi connectivity index (χ2n) is 4.85. The molecule has 0 saturated carbocycles. The molecule has 0 aliphatic rings. The Kier molecular flexibility index (Phi) is 4.22. The normalized spacial score (nSPS) is 12.4. The Balaban J connectivity index is 1.97. The third kappa shape index (κ3) is 3.35. The van der Waals surface area contributed by atoms with Crippen LogP contribution in [0.1, 0.15) is 16.7 Å². The van der Waals surface area contributed by atoms with Crippen molar-refractivity contribution < 1.29 is 9.84 Å². The van der Waals surface area contributed by atoms with E-state index >= 15 is 0 Å². The zero-order valence-corrected chi connectivity index (χ0v) is 11.6. The molecule has 19 heavy (non-hydrogen) atoms. The molecule has 0 bridgehead atoms. The van der Waals surface area contributed by atoms with Gasteiger partial charge < -0.3 is 9.84 Å². The van der Waals surface area contributed by atoms with E-state index in [0.29, 0.717) is 6.54 Å². The van der Waals surface area contributed by atoms with Gasteiger partial charge in [0.25, 0.3) is 0 Å². The maximum absolute atomic E-state index is 9.95. The maximum atomic E-state index is 9.95. The highest BCUT2D eigenvalue weighted by Gasteiger charge is 2.10. The molecule has 2 rings (SSSR count). The molecule has 0 aliphatic heterocycles. The van der Waals surface area contributed by atoms with Gasteiger partial charge in [0.1, 0.15) is 18.5 Å². The van der Waals surface area contributed by atoms with Crippen LogP contribution in [0.3, 0.4) is 0 Å². The highest BCUT2D eigenvalue weighted by molar-refractivity contribution is 5.44. The summed E-state index contributed by atoms with van der Waals surface area (Å²) in [4.78, 5) is 0. The summed E-state index contributed by atoms with van der Waals surface area (Å²) in [5, 5.41) is 14.0. The van der Waals surface area contributed by atoms with Crippen LogP contribution in [0, 0.1) is 20.8 Å². The average molecular weight is 260 g/mol. The summed E-state index contributed by atoms with van der Waals surface area (Å²) in [6, 6.07) is 5.96. The number of hydrogen-bond acceptors (Lipinski definition) is 3. The molecule has 0 radical (unpaired) electrons. The smallest absolute Gasteiger partial charge is 0.125 e. The molecule has 0 aliphatic carbocycles. The van der Waals surface area contributed by atoms with E-state index in [1.165, 1.54) is 5.56 Å². The van der Waals surface area contributed by atoms with Crippen molar-refractivity contribution in [3.8, 4) is 5.75 Å². The SMILES string of the molecule is Cc1ccc(C)c(OCC(O)Cn2cccn2)c1C. The first-order valence-electron chi connectivity index (χ1n) is 6.43. The molecule has 1 aromatic carbocycles. The number of rotatable bonds is 5. The van der Waals surface area contributed by atoms with E-state index < -0.39 is 6.10 Å². The van der Waals surface area contributed by atoms with Crippen molar-refractivity contribution >= 4 is 0 Å². The average Bonchev–Trinajstić information content (AvgIpc) is 2.87. The zero-order chi connectivity index (χ0) is 13.8. The second-order valence-corrected chi connectivity index (χ2v) is 4.85. The molecular formula is C15H20N2O2. The molecule has 1 unspecified atom stereocenters. The summed E-state index contributed by atoms with van der Waals surface area (Å²) in [5.74, 6) is 0.875. The Morgan fingerprint density at radius 2 is 2.00 bits per heavy atom. The van der Waals surface area contributed by atoms with Gasteiger partial charge in [-0.1, -0.05) is 12.1 Å². The molecule has 2 aromatic rings. The minimum absolute atomic E-state index is 0.269. The fourth-order valence-corrected chi connectivity index (χ4v) is 2.00. The van der Waals surface area contributed by atoms with Gasteiger partial charge in [0.2, 0.25) is 0 Å². The number of aromatic nitrogens is 2. The van der Waals surface area contributed by atoms with Gasteiger partial charge in [0.15, 0.2) is 0 Å². The molecule has 1 atom stereocenters. The minimum Gasteiger partial charge on any atom is -0.490 e. The molecule has 0 fully saturated rings. The Bertz CT molecular complexity index is 535. The van der Waals surface area contributed by atoms with E-state index in [1.54, 1.807) is 10.9 Å². The number of aliphatic hydroxyl groups is 1. The first-order valence-corrected chi connectivity index (χ1v) is 6.43. The van der Waals surface area contributed by atoms with Crippen LogP contribution >= 0.6 is 0 Å². The number of nitrogens with zero attached hydrogens (tertiary/aromatic N) is 2. The number of aliphatic hydroxyl groups excluding tert-OH is 1. The van der Waals surface area contributed by atoms with Crippen molar-refractivity contribution in [1.82, 2.24) is 9.78 Å². The van der Waals surface area contributed by atoms with Gasteiger partial charge in [-0.25, -0.2) is 0 Å². The van der Waals surface area contributed by atoms with E-state index in [9.17, 15) is 5.11 Å². The van der Waals surface area contributed by atoms with Gasteiger partial charge >= 0.3 is 0 Å². The van der Waals surface area contributed by atoms with Crippen LogP contribution in [0.5, 0.6) is 5.75 Å². The third-order valence-corrected chi connectivity index (χ3v) is 3.25. The molecule has 0 amide bonds. The summed E-state index contributed by atoms with van der Waals surface area (Å²) in [6.45, 7) is 6.82. The van der Waals surface area contributed by atoms with Gasteiger partial charge in [0, 0.05) is 12.4 Å². The van der Waals surface area contributed by atoms with Crippen molar-refractivity contribution in [1.29, 1.82) is 0 Å². The summed E-state index contributed by atoms with van der Waals surface area (Å²) >= 11 is 0. The highest BCUT2D eigenvalue weighted by Crippen LogP contribution is 2.25. The molecular weight excluding hydrogens is 240 g/mol. The van der Waals surface area contributed by atoms with Crippen LogP contribution in [0.2, 0.25) is 0 Å². The van der Waals surface area contributed by atoms with Gasteiger partial charge in [-0.2, -0.15) is 5.10 Å². The third-order valence-electron chi connectivity index (χ3n) is 3.25.